The fourth-order valence-electron chi connectivity index (χ4n) is 2.57. The zero-order valence-electron chi connectivity index (χ0n) is 15.5. The molecule has 1 heterocycles. The number of nitrogens with zero attached hydrogens (tertiary/aromatic N) is 1. The van der Waals surface area contributed by atoms with Gasteiger partial charge in [0.25, 0.3) is 0 Å². The van der Waals surface area contributed by atoms with Gasteiger partial charge in [0.05, 0.1) is 24.9 Å². The third-order valence-corrected chi connectivity index (χ3v) is 7.02. The van der Waals surface area contributed by atoms with Gasteiger partial charge in [-0.3, -0.25) is 0 Å². The van der Waals surface area contributed by atoms with Crippen molar-refractivity contribution >= 4 is 33.0 Å². The van der Waals surface area contributed by atoms with E-state index < -0.39 is 10.0 Å². The average Bonchev–Trinajstić information content (AvgIpc) is 3.06. The van der Waals surface area contributed by atoms with Gasteiger partial charge in [0, 0.05) is 23.1 Å². The van der Waals surface area contributed by atoms with Gasteiger partial charge in [-0.05, 0) is 25.1 Å². The lowest BCUT2D eigenvalue weighted by Gasteiger charge is -2.11. The first-order chi connectivity index (χ1) is 13.4. The summed E-state index contributed by atoms with van der Waals surface area (Å²) in [7, 11) is -0.921. The highest BCUT2D eigenvalue weighted by atomic mass is 35.5. The fourth-order valence-corrected chi connectivity index (χ4v) is 5.17. The number of thiazole rings is 1. The van der Waals surface area contributed by atoms with Crippen LogP contribution >= 0.6 is 22.9 Å². The van der Waals surface area contributed by atoms with Crippen molar-refractivity contribution in [3.05, 3.63) is 58.1 Å². The molecule has 0 aliphatic carbocycles. The van der Waals surface area contributed by atoms with Crippen molar-refractivity contribution in [3.8, 4) is 22.1 Å². The number of benzene rings is 2. The average molecular weight is 439 g/mol. The van der Waals surface area contributed by atoms with Gasteiger partial charge in [-0.1, -0.05) is 29.8 Å². The topological polar surface area (TPSA) is 77.5 Å². The van der Waals surface area contributed by atoms with E-state index >= 15 is 0 Å². The molecule has 0 atom stereocenters. The van der Waals surface area contributed by atoms with Crippen LogP contribution in [0, 0.1) is 6.92 Å². The summed E-state index contributed by atoms with van der Waals surface area (Å²) in [4.78, 5) is 5.35. The highest BCUT2D eigenvalue weighted by molar-refractivity contribution is 7.89. The third-order valence-electron chi connectivity index (χ3n) is 4.08. The Hall–Kier alpha value is -2.13. The first kappa shape index (κ1) is 20.6. The molecule has 9 heteroatoms. The van der Waals surface area contributed by atoms with Gasteiger partial charge < -0.3 is 9.47 Å². The van der Waals surface area contributed by atoms with Crippen LogP contribution in [0.3, 0.4) is 0 Å². The second kappa shape index (κ2) is 8.48. The van der Waals surface area contributed by atoms with Gasteiger partial charge in [0.2, 0.25) is 10.0 Å². The Bertz CT molecular complexity index is 1100. The van der Waals surface area contributed by atoms with Gasteiger partial charge in [-0.2, -0.15) is 0 Å². The lowest BCUT2D eigenvalue weighted by Crippen LogP contribution is -2.23. The molecule has 0 saturated carbocycles. The zero-order chi connectivity index (χ0) is 20.3. The maximum absolute atomic E-state index is 12.8. The van der Waals surface area contributed by atoms with Crippen LogP contribution in [0.25, 0.3) is 10.6 Å². The Kier molecular flexibility index (Phi) is 6.24. The predicted octanol–water partition coefficient (Wildman–Crippen LogP) is 4.27. The quantitative estimate of drug-likeness (QED) is 0.596. The fraction of sp³-hybridized carbons (Fsp3) is 0.211. The molecule has 0 fully saturated rings. The van der Waals surface area contributed by atoms with Gasteiger partial charge in [0.1, 0.15) is 21.4 Å². The normalized spacial score (nSPS) is 11.4. The summed E-state index contributed by atoms with van der Waals surface area (Å²) in [5.74, 6) is 0.669. The van der Waals surface area contributed by atoms with E-state index in [2.05, 4.69) is 9.71 Å². The summed E-state index contributed by atoms with van der Waals surface area (Å²) in [5.41, 5.74) is 1.57. The van der Waals surface area contributed by atoms with E-state index in [0.29, 0.717) is 10.8 Å². The number of sulfonamides is 1. The first-order valence-electron chi connectivity index (χ1n) is 8.28. The van der Waals surface area contributed by atoms with Crippen molar-refractivity contribution in [2.45, 2.75) is 18.4 Å². The van der Waals surface area contributed by atoms with E-state index in [0.717, 1.165) is 21.1 Å². The van der Waals surface area contributed by atoms with Gasteiger partial charge in [-0.15, -0.1) is 11.3 Å². The van der Waals surface area contributed by atoms with Gasteiger partial charge in [0.15, 0.2) is 0 Å². The zero-order valence-corrected chi connectivity index (χ0v) is 17.9. The number of hydrogen-bond donors (Lipinski definition) is 1. The van der Waals surface area contributed by atoms with E-state index in [1.807, 2.05) is 25.1 Å². The maximum atomic E-state index is 12.8. The van der Waals surface area contributed by atoms with Crippen molar-refractivity contribution in [1.29, 1.82) is 0 Å². The number of aryl methyl sites for hydroxylation is 1. The molecular formula is C19H19ClN2O4S2. The Morgan fingerprint density at radius 3 is 2.57 bits per heavy atom. The number of aromatic nitrogens is 1. The lowest BCUT2D eigenvalue weighted by atomic mass is 10.2. The summed E-state index contributed by atoms with van der Waals surface area (Å²) in [6.45, 7) is 1.95. The van der Waals surface area contributed by atoms with Crippen LogP contribution in [0.1, 0.15) is 10.6 Å². The minimum absolute atomic E-state index is 0.0165. The number of rotatable bonds is 7. The second-order valence-corrected chi connectivity index (χ2v) is 9.07. The summed E-state index contributed by atoms with van der Waals surface area (Å²) in [5, 5.41) is 1.35. The standard InChI is InChI=1S/C19H19ClN2O4S2/c1-12-17(27-19(22-12)14-6-4-5-7-15(14)20)11-21-28(23,24)18-10-13(25-2)8-9-16(18)26-3/h4-10,21H,11H2,1-3H3. The summed E-state index contributed by atoms with van der Waals surface area (Å²) < 4.78 is 38.5. The van der Waals surface area contributed by atoms with Crippen molar-refractivity contribution in [1.82, 2.24) is 9.71 Å². The Morgan fingerprint density at radius 2 is 1.89 bits per heavy atom. The Morgan fingerprint density at radius 1 is 1.14 bits per heavy atom. The molecule has 0 saturated heterocycles. The largest absolute Gasteiger partial charge is 0.497 e. The van der Waals surface area contributed by atoms with E-state index in [4.69, 9.17) is 21.1 Å². The molecule has 0 aliphatic rings. The van der Waals surface area contributed by atoms with E-state index in [-0.39, 0.29) is 17.2 Å². The molecule has 2 aromatic carbocycles. The van der Waals surface area contributed by atoms with Crippen molar-refractivity contribution in [2.24, 2.45) is 0 Å². The molecule has 0 unspecified atom stereocenters. The predicted molar refractivity (Wildman–Crippen MR) is 111 cm³/mol. The molecule has 0 radical (unpaired) electrons. The van der Waals surface area contributed by atoms with Crippen LogP contribution in [0.4, 0.5) is 0 Å². The first-order valence-corrected chi connectivity index (χ1v) is 11.0. The summed E-state index contributed by atoms with van der Waals surface area (Å²) in [6.07, 6.45) is 0. The lowest BCUT2D eigenvalue weighted by molar-refractivity contribution is 0.392. The van der Waals surface area contributed by atoms with Gasteiger partial charge >= 0.3 is 0 Å². The van der Waals surface area contributed by atoms with Crippen LogP contribution in [-0.2, 0) is 16.6 Å². The minimum atomic E-state index is -3.82. The molecule has 0 bridgehead atoms. The molecule has 148 valence electrons. The molecule has 1 N–H and O–H groups in total. The number of halogens is 1. The molecule has 3 aromatic rings. The number of nitrogens with one attached hydrogen (secondary N) is 1. The second-order valence-electron chi connectivity index (χ2n) is 5.85. The maximum Gasteiger partial charge on any atom is 0.244 e. The van der Waals surface area contributed by atoms with E-state index in [1.54, 1.807) is 18.2 Å². The molecule has 0 spiro atoms. The molecule has 6 nitrogen and oxygen atoms in total. The van der Waals surface area contributed by atoms with Crippen molar-refractivity contribution in [2.75, 3.05) is 14.2 Å². The van der Waals surface area contributed by atoms with Crippen LogP contribution in [0.15, 0.2) is 47.4 Å². The summed E-state index contributed by atoms with van der Waals surface area (Å²) in [6, 6.07) is 12.0. The van der Waals surface area contributed by atoms with Crippen molar-refractivity contribution < 1.29 is 17.9 Å². The smallest absolute Gasteiger partial charge is 0.244 e. The van der Waals surface area contributed by atoms with Crippen LogP contribution in [-0.4, -0.2) is 27.6 Å². The van der Waals surface area contributed by atoms with Gasteiger partial charge in [-0.25, -0.2) is 18.1 Å². The number of methoxy groups -OCH3 is 2. The van der Waals surface area contributed by atoms with Crippen LogP contribution < -0.4 is 14.2 Å². The third kappa shape index (κ3) is 4.30. The minimum Gasteiger partial charge on any atom is -0.497 e. The molecule has 1 aromatic heterocycles. The molecule has 28 heavy (non-hydrogen) atoms. The highest BCUT2D eigenvalue weighted by Gasteiger charge is 2.21. The highest BCUT2D eigenvalue weighted by Crippen LogP contribution is 2.33. The molecule has 3 rings (SSSR count). The monoisotopic (exact) mass is 438 g/mol. The number of ether oxygens (including phenoxy) is 2. The van der Waals surface area contributed by atoms with Crippen molar-refractivity contribution in [3.63, 3.8) is 0 Å². The van der Waals surface area contributed by atoms with Crippen LogP contribution in [0.2, 0.25) is 5.02 Å². The van der Waals surface area contributed by atoms with Crippen LogP contribution in [0.5, 0.6) is 11.5 Å². The summed E-state index contributed by atoms with van der Waals surface area (Å²) >= 11 is 7.64. The van der Waals surface area contributed by atoms with E-state index in [9.17, 15) is 8.42 Å². The molecule has 0 amide bonds. The Labute approximate surface area is 173 Å². The SMILES string of the molecule is COc1ccc(OC)c(S(=O)(=O)NCc2sc(-c3ccccc3Cl)nc2C)c1. The molecule has 0 aliphatic heterocycles. The van der Waals surface area contributed by atoms with E-state index in [1.165, 1.54) is 31.6 Å². The Balaban J connectivity index is 1.85. The molecular weight excluding hydrogens is 420 g/mol. The number of hydrogen-bond acceptors (Lipinski definition) is 6.